The van der Waals surface area contributed by atoms with Crippen molar-refractivity contribution in [2.45, 2.75) is 78.1 Å². The molecule has 0 spiro atoms. The van der Waals surface area contributed by atoms with Gasteiger partial charge < -0.3 is 5.11 Å². The monoisotopic (exact) mass is 302 g/mol. The van der Waals surface area contributed by atoms with E-state index in [1.807, 2.05) is 0 Å². The van der Waals surface area contributed by atoms with Gasteiger partial charge in [-0.3, -0.25) is 0 Å². The Kier molecular flexibility index (Phi) is 5.12. The number of rotatable bonds is 3. The summed E-state index contributed by atoms with van der Waals surface area (Å²) in [5.41, 5.74) is 3.85. The average molecular weight is 303 g/mol. The first kappa shape index (κ1) is 16.3. The fourth-order valence-corrected chi connectivity index (χ4v) is 5.74. The smallest absolute Gasteiger partial charge is 0.0459 e. The molecule has 124 valence electrons. The minimum atomic E-state index is 0.357. The summed E-state index contributed by atoms with van der Waals surface area (Å²) in [7, 11) is 0. The van der Waals surface area contributed by atoms with Crippen LogP contribution in [0.25, 0.3) is 0 Å². The van der Waals surface area contributed by atoms with E-state index in [1.165, 1.54) is 64.2 Å². The van der Waals surface area contributed by atoms with Gasteiger partial charge in [-0.25, -0.2) is 0 Å². The lowest BCUT2D eigenvalue weighted by Crippen LogP contribution is -2.36. The first-order valence-electron chi connectivity index (χ1n) is 9.64. The lowest BCUT2D eigenvalue weighted by Gasteiger charge is -2.44. The van der Waals surface area contributed by atoms with Gasteiger partial charge in [-0.1, -0.05) is 43.6 Å². The molecule has 4 atom stereocenters. The van der Waals surface area contributed by atoms with Gasteiger partial charge in [0.2, 0.25) is 0 Å². The van der Waals surface area contributed by atoms with Gasteiger partial charge in [0.25, 0.3) is 0 Å². The lowest BCUT2D eigenvalue weighted by atomic mass is 9.61. The summed E-state index contributed by atoms with van der Waals surface area (Å²) in [6.45, 7) is 5.12. The number of aliphatic hydroxyl groups is 1. The quantitative estimate of drug-likeness (QED) is 0.714. The highest BCUT2D eigenvalue weighted by molar-refractivity contribution is 5.25. The second-order valence-corrected chi connectivity index (χ2v) is 8.38. The molecule has 0 saturated heterocycles. The first-order chi connectivity index (χ1) is 10.6. The van der Waals surface area contributed by atoms with E-state index >= 15 is 0 Å². The van der Waals surface area contributed by atoms with Gasteiger partial charge in [0.05, 0.1) is 0 Å². The largest absolute Gasteiger partial charge is 0.396 e. The Hall–Kier alpha value is -0.560. The standard InChI is InChI=1S/C21H34O/c1-16(15-22)19-12-13-20-18(9-6-14-21(19,20)2)11-10-17-7-4-3-5-8-17/h10-11,16,19-20,22H,3-9,12-15H2,1-2H3/b18-11+/t16-,19?,20?,21-/m1/s1. The fraction of sp³-hybridized carbons (Fsp3) is 0.810. The van der Waals surface area contributed by atoms with E-state index in [0.29, 0.717) is 23.9 Å². The van der Waals surface area contributed by atoms with Crippen molar-refractivity contribution in [3.8, 4) is 0 Å². The molecule has 0 radical (unpaired) electrons. The van der Waals surface area contributed by atoms with Gasteiger partial charge in [-0.05, 0) is 81.0 Å². The molecule has 3 aliphatic rings. The minimum Gasteiger partial charge on any atom is -0.396 e. The second-order valence-electron chi connectivity index (χ2n) is 8.38. The third-order valence-corrected chi connectivity index (χ3v) is 7.04. The molecule has 3 saturated carbocycles. The van der Waals surface area contributed by atoms with Crippen LogP contribution in [0.4, 0.5) is 0 Å². The number of aliphatic hydroxyl groups excluding tert-OH is 1. The van der Waals surface area contributed by atoms with Gasteiger partial charge >= 0.3 is 0 Å². The van der Waals surface area contributed by atoms with Crippen molar-refractivity contribution in [3.63, 3.8) is 0 Å². The molecule has 1 nitrogen and oxygen atoms in total. The van der Waals surface area contributed by atoms with E-state index in [2.05, 4.69) is 26.0 Å². The average Bonchev–Trinajstić information content (AvgIpc) is 2.90. The van der Waals surface area contributed by atoms with E-state index in [-0.39, 0.29) is 0 Å². The van der Waals surface area contributed by atoms with Gasteiger partial charge in [0, 0.05) is 6.61 Å². The summed E-state index contributed by atoms with van der Waals surface area (Å²) in [4.78, 5) is 0. The van der Waals surface area contributed by atoms with Crippen molar-refractivity contribution in [1.82, 2.24) is 0 Å². The number of hydrogen-bond acceptors (Lipinski definition) is 1. The molecule has 0 aliphatic heterocycles. The van der Waals surface area contributed by atoms with E-state index < -0.39 is 0 Å². The normalized spacial score (nSPS) is 38.9. The van der Waals surface area contributed by atoms with Crippen molar-refractivity contribution >= 4 is 0 Å². The summed E-state index contributed by atoms with van der Waals surface area (Å²) in [5.74, 6) is 1.96. The molecule has 0 bridgehead atoms. The lowest BCUT2D eigenvalue weighted by molar-refractivity contribution is 0.0690. The molecule has 22 heavy (non-hydrogen) atoms. The number of hydrogen-bond donors (Lipinski definition) is 1. The Bertz CT molecular complexity index is 439. The van der Waals surface area contributed by atoms with Crippen molar-refractivity contribution in [3.05, 3.63) is 23.3 Å². The molecule has 0 amide bonds. The van der Waals surface area contributed by atoms with Gasteiger partial charge in [0.1, 0.15) is 0 Å². The zero-order valence-electron chi connectivity index (χ0n) is 14.6. The molecule has 1 heteroatoms. The van der Waals surface area contributed by atoms with Crippen molar-refractivity contribution < 1.29 is 5.11 Å². The number of fused-ring (bicyclic) bond motifs is 1. The molecule has 2 unspecified atom stereocenters. The Balaban J connectivity index is 1.77. The highest BCUT2D eigenvalue weighted by atomic mass is 16.3. The van der Waals surface area contributed by atoms with Crippen molar-refractivity contribution in [2.24, 2.45) is 23.2 Å². The van der Waals surface area contributed by atoms with Crippen LogP contribution in [0, 0.1) is 23.2 Å². The molecule has 0 aromatic rings. The molecule has 3 aliphatic carbocycles. The summed E-state index contributed by atoms with van der Waals surface area (Å²) in [6.07, 6.45) is 18.5. The van der Waals surface area contributed by atoms with Gasteiger partial charge in [-0.2, -0.15) is 0 Å². The van der Waals surface area contributed by atoms with E-state index in [1.54, 1.807) is 11.1 Å². The van der Waals surface area contributed by atoms with E-state index in [9.17, 15) is 5.11 Å². The van der Waals surface area contributed by atoms with Crippen LogP contribution in [0.15, 0.2) is 23.3 Å². The number of allylic oxidation sites excluding steroid dienone is 4. The molecular formula is C21H34O. The molecule has 3 fully saturated rings. The summed E-state index contributed by atoms with van der Waals surface area (Å²) >= 11 is 0. The maximum Gasteiger partial charge on any atom is 0.0459 e. The third-order valence-electron chi connectivity index (χ3n) is 7.04. The van der Waals surface area contributed by atoms with Crippen LogP contribution >= 0.6 is 0 Å². The van der Waals surface area contributed by atoms with Gasteiger partial charge in [0.15, 0.2) is 0 Å². The van der Waals surface area contributed by atoms with Crippen LogP contribution in [-0.4, -0.2) is 11.7 Å². The zero-order chi connectivity index (χ0) is 15.6. The molecule has 0 heterocycles. The molecule has 1 N–H and O–H groups in total. The highest BCUT2D eigenvalue weighted by Gasteiger charge is 2.50. The Morgan fingerprint density at radius 2 is 1.86 bits per heavy atom. The first-order valence-corrected chi connectivity index (χ1v) is 9.64. The fourth-order valence-electron chi connectivity index (χ4n) is 5.74. The van der Waals surface area contributed by atoms with Gasteiger partial charge in [-0.15, -0.1) is 0 Å². The maximum absolute atomic E-state index is 9.62. The van der Waals surface area contributed by atoms with Crippen LogP contribution < -0.4 is 0 Å². The van der Waals surface area contributed by atoms with Crippen LogP contribution in [0.5, 0.6) is 0 Å². The van der Waals surface area contributed by atoms with Crippen LogP contribution in [0.1, 0.15) is 78.1 Å². The van der Waals surface area contributed by atoms with E-state index in [0.717, 1.165) is 5.92 Å². The topological polar surface area (TPSA) is 20.2 Å². The third kappa shape index (κ3) is 3.07. The SMILES string of the molecule is C[C@H](CO)C1CCC2/C(=C/C=C3CCCCC3)CCC[C@@]21C. The van der Waals surface area contributed by atoms with Crippen molar-refractivity contribution in [2.75, 3.05) is 6.61 Å². The Labute approximate surface area is 136 Å². The molecule has 3 rings (SSSR count). The van der Waals surface area contributed by atoms with E-state index in [4.69, 9.17) is 0 Å². The predicted octanol–water partition coefficient (Wildman–Crippen LogP) is 5.65. The zero-order valence-corrected chi connectivity index (χ0v) is 14.6. The minimum absolute atomic E-state index is 0.357. The Morgan fingerprint density at radius 3 is 2.59 bits per heavy atom. The predicted molar refractivity (Wildman–Crippen MR) is 93.7 cm³/mol. The summed E-state index contributed by atoms with van der Waals surface area (Å²) < 4.78 is 0. The second kappa shape index (κ2) is 6.91. The molecule has 0 aromatic carbocycles. The summed E-state index contributed by atoms with van der Waals surface area (Å²) in [5, 5.41) is 9.62. The van der Waals surface area contributed by atoms with Crippen LogP contribution in [0.2, 0.25) is 0 Å². The van der Waals surface area contributed by atoms with Crippen LogP contribution in [-0.2, 0) is 0 Å². The van der Waals surface area contributed by atoms with Crippen molar-refractivity contribution in [1.29, 1.82) is 0 Å². The summed E-state index contributed by atoms with van der Waals surface area (Å²) in [6, 6.07) is 0. The maximum atomic E-state index is 9.62. The Morgan fingerprint density at radius 1 is 1.09 bits per heavy atom. The molecular weight excluding hydrogens is 268 g/mol. The van der Waals surface area contributed by atoms with Crippen LogP contribution in [0.3, 0.4) is 0 Å². The molecule has 0 aromatic heterocycles. The highest BCUT2D eigenvalue weighted by Crippen LogP contribution is 2.59.